The van der Waals surface area contributed by atoms with Gasteiger partial charge >= 0.3 is 11.9 Å². The summed E-state index contributed by atoms with van der Waals surface area (Å²) in [6, 6.07) is -13.6. The Morgan fingerprint density at radius 1 is 0.551 bits per heavy atom. The standard InChI is InChI=1S/C51H89N13O14/c1-12-28(9)40(63-45(71)34(19-26(5)6)59-44(70)36(21-38(66)67)60-43(69)33(18-25(3)4)61-48(74)39(53)27(7)8)49(75)56-30(11)42(68)58-35(20-31-22-54-24-55-31)46(72)64-41(29(10)13-2)50(76)62-37(23-65)47(73)57-32(51(77)78)16-14-15-17-52/h22,24-30,32-37,39-41,65H,12-21,23,52-53H2,1-11H3,(H,54,55)(H,56,75)(H,57,73)(H,58,68)(H,59,70)(H,60,69)(H,61,74)(H,62,76)(H,63,71)(H,64,72)(H,66,67)(H,77,78)/t28-,29-,30-,32-,33-,34-,35-,36-,37-,39-,40-,41-/m0/s1. The number of aliphatic hydroxyl groups excluding tert-OH is 1. The van der Waals surface area contributed by atoms with Crippen LogP contribution in [0.5, 0.6) is 0 Å². The Labute approximate surface area is 456 Å². The summed E-state index contributed by atoms with van der Waals surface area (Å²) in [7, 11) is 0. The average molecular weight is 1110 g/mol. The lowest BCUT2D eigenvalue weighted by atomic mass is 9.96. The highest BCUT2D eigenvalue weighted by Gasteiger charge is 2.37. The molecule has 27 nitrogen and oxygen atoms in total. The molecule has 442 valence electrons. The van der Waals surface area contributed by atoms with Crippen molar-refractivity contribution >= 4 is 65.1 Å². The first-order valence-corrected chi connectivity index (χ1v) is 26.7. The molecule has 1 heterocycles. The van der Waals surface area contributed by atoms with Gasteiger partial charge in [0.25, 0.3) is 0 Å². The molecule has 1 aromatic heterocycles. The number of carboxylic acid groups (broad SMARTS) is 2. The number of H-pyrrole nitrogens is 1. The Morgan fingerprint density at radius 2 is 0.987 bits per heavy atom. The van der Waals surface area contributed by atoms with Gasteiger partial charge in [-0.05, 0) is 75.2 Å². The molecular weight excluding hydrogens is 1020 g/mol. The molecule has 0 aliphatic heterocycles. The number of carbonyl (C=O) groups excluding carboxylic acids is 9. The van der Waals surface area contributed by atoms with Gasteiger partial charge in [-0.1, -0.05) is 82.1 Å². The topological polar surface area (TPSA) is 437 Å². The molecule has 12 atom stereocenters. The third kappa shape index (κ3) is 24.3. The summed E-state index contributed by atoms with van der Waals surface area (Å²) in [6.45, 7) is 18.0. The van der Waals surface area contributed by atoms with Crippen LogP contribution in [0.3, 0.4) is 0 Å². The maximum Gasteiger partial charge on any atom is 0.326 e. The Bertz CT molecular complexity index is 2140. The number of nitrogens with zero attached hydrogens (tertiary/aromatic N) is 1. The number of carbonyl (C=O) groups is 11. The largest absolute Gasteiger partial charge is 0.481 e. The molecule has 0 aliphatic rings. The molecule has 0 fully saturated rings. The molecule has 78 heavy (non-hydrogen) atoms. The van der Waals surface area contributed by atoms with Gasteiger partial charge in [0.05, 0.1) is 25.4 Å². The first-order chi connectivity index (χ1) is 36.5. The van der Waals surface area contributed by atoms with E-state index in [4.69, 9.17) is 11.5 Å². The van der Waals surface area contributed by atoms with Crippen LogP contribution < -0.4 is 59.3 Å². The minimum absolute atomic E-state index is 0.00203. The molecule has 1 aromatic rings. The Kier molecular flexibility index (Phi) is 31.0. The molecule has 0 bridgehead atoms. The first-order valence-electron chi connectivity index (χ1n) is 26.7. The number of aliphatic hydroxyl groups is 1. The first kappa shape index (κ1) is 69.3. The summed E-state index contributed by atoms with van der Waals surface area (Å²) in [5.74, 6) is -12.4. The van der Waals surface area contributed by atoms with Crippen molar-refractivity contribution in [2.45, 2.75) is 194 Å². The summed E-state index contributed by atoms with van der Waals surface area (Å²) in [4.78, 5) is 154. The molecule has 0 aromatic carbocycles. The number of hydrogen-bond acceptors (Lipinski definition) is 15. The van der Waals surface area contributed by atoms with E-state index in [1.807, 2.05) is 0 Å². The Balaban J connectivity index is 3.39. The van der Waals surface area contributed by atoms with Crippen LogP contribution in [0.2, 0.25) is 0 Å². The fourth-order valence-electron chi connectivity index (χ4n) is 7.79. The summed E-state index contributed by atoms with van der Waals surface area (Å²) < 4.78 is 0. The van der Waals surface area contributed by atoms with E-state index in [0.29, 0.717) is 37.9 Å². The number of nitrogens with one attached hydrogen (secondary N) is 10. The van der Waals surface area contributed by atoms with E-state index < -0.39 is 150 Å². The van der Waals surface area contributed by atoms with E-state index in [2.05, 4.69) is 57.8 Å². The fraction of sp³-hybridized carbons (Fsp3) is 0.725. The third-order valence-electron chi connectivity index (χ3n) is 13.0. The summed E-state index contributed by atoms with van der Waals surface area (Å²) in [5.41, 5.74) is 11.9. The second-order valence-corrected chi connectivity index (χ2v) is 21.1. The molecule has 0 saturated carbocycles. The predicted molar refractivity (Wildman–Crippen MR) is 286 cm³/mol. The van der Waals surface area contributed by atoms with Crippen molar-refractivity contribution in [2.75, 3.05) is 13.2 Å². The number of aliphatic carboxylic acids is 2. The highest BCUT2D eigenvalue weighted by atomic mass is 16.4. The van der Waals surface area contributed by atoms with E-state index >= 15 is 0 Å². The van der Waals surface area contributed by atoms with Gasteiger partial charge in [0.15, 0.2) is 0 Å². The molecule has 0 spiro atoms. The number of aromatic nitrogens is 2. The molecular formula is C51H89N13O14. The smallest absolute Gasteiger partial charge is 0.326 e. The van der Waals surface area contributed by atoms with Crippen LogP contribution in [-0.4, -0.2) is 164 Å². The quantitative estimate of drug-likeness (QED) is 0.0326. The van der Waals surface area contributed by atoms with Crippen LogP contribution in [0.25, 0.3) is 0 Å². The highest BCUT2D eigenvalue weighted by molar-refractivity contribution is 5.99. The van der Waals surface area contributed by atoms with Crippen LogP contribution in [0.1, 0.15) is 133 Å². The van der Waals surface area contributed by atoms with E-state index in [0.717, 1.165) is 0 Å². The predicted octanol–water partition coefficient (Wildman–Crippen LogP) is -1.82. The van der Waals surface area contributed by atoms with Crippen LogP contribution in [0, 0.1) is 29.6 Å². The monoisotopic (exact) mass is 1110 g/mol. The Hall–Kier alpha value is -6.74. The number of hydrogen-bond donors (Lipinski definition) is 15. The number of aromatic amines is 1. The van der Waals surface area contributed by atoms with Gasteiger partial charge in [-0.25, -0.2) is 9.78 Å². The lowest BCUT2D eigenvalue weighted by Crippen LogP contribution is -2.62. The molecule has 0 aliphatic carbocycles. The number of imidazole rings is 1. The van der Waals surface area contributed by atoms with E-state index in [-0.39, 0.29) is 43.4 Å². The molecule has 27 heteroatoms. The maximum absolute atomic E-state index is 14.1. The highest BCUT2D eigenvalue weighted by Crippen LogP contribution is 2.15. The molecule has 9 amide bonds. The van der Waals surface area contributed by atoms with Crippen LogP contribution in [0.15, 0.2) is 12.5 Å². The number of unbranched alkanes of at least 4 members (excludes halogenated alkanes) is 1. The average Bonchev–Trinajstić information content (AvgIpc) is 3.89. The summed E-state index contributed by atoms with van der Waals surface area (Å²) in [6.07, 6.45) is 3.36. The van der Waals surface area contributed by atoms with Crippen LogP contribution >= 0.6 is 0 Å². The van der Waals surface area contributed by atoms with Crippen molar-refractivity contribution in [3.8, 4) is 0 Å². The number of nitrogens with two attached hydrogens (primary N) is 2. The zero-order chi connectivity index (χ0) is 59.6. The second-order valence-electron chi connectivity index (χ2n) is 21.1. The van der Waals surface area contributed by atoms with Crippen molar-refractivity contribution < 1.29 is 68.1 Å². The van der Waals surface area contributed by atoms with Gasteiger partial charge in [0.1, 0.15) is 54.4 Å². The zero-order valence-corrected chi connectivity index (χ0v) is 47.0. The van der Waals surface area contributed by atoms with Gasteiger partial charge in [0, 0.05) is 18.3 Å². The van der Waals surface area contributed by atoms with Crippen molar-refractivity contribution in [1.82, 2.24) is 57.8 Å². The van der Waals surface area contributed by atoms with Crippen molar-refractivity contribution in [3.05, 3.63) is 18.2 Å². The number of amides is 9. The van der Waals surface area contributed by atoms with E-state index in [9.17, 15) is 68.1 Å². The molecule has 0 radical (unpaired) electrons. The van der Waals surface area contributed by atoms with Gasteiger partial charge < -0.3 is 79.6 Å². The second kappa shape index (κ2) is 34.9. The van der Waals surface area contributed by atoms with E-state index in [1.54, 1.807) is 69.2 Å². The van der Waals surface area contributed by atoms with Gasteiger partial charge in [0.2, 0.25) is 53.2 Å². The molecule has 0 unspecified atom stereocenters. The lowest BCUT2D eigenvalue weighted by Gasteiger charge is -2.30. The van der Waals surface area contributed by atoms with E-state index in [1.165, 1.54) is 19.4 Å². The van der Waals surface area contributed by atoms with Gasteiger partial charge in [-0.2, -0.15) is 0 Å². The Morgan fingerprint density at radius 3 is 1.44 bits per heavy atom. The minimum atomic E-state index is -1.71. The lowest BCUT2D eigenvalue weighted by molar-refractivity contribution is -0.143. The van der Waals surface area contributed by atoms with Gasteiger partial charge in [-0.3, -0.25) is 47.9 Å². The normalized spacial score (nSPS) is 16.0. The van der Waals surface area contributed by atoms with Crippen LogP contribution in [-0.2, 0) is 59.2 Å². The molecule has 0 saturated heterocycles. The third-order valence-corrected chi connectivity index (χ3v) is 13.0. The van der Waals surface area contributed by atoms with Crippen molar-refractivity contribution in [1.29, 1.82) is 0 Å². The van der Waals surface area contributed by atoms with Crippen molar-refractivity contribution in [3.63, 3.8) is 0 Å². The van der Waals surface area contributed by atoms with Gasteiger partial charge in [-0.15, -0.1) is 0 Å². The minimum Gasteiger partial charge on any atom is -0.481 e. The summed E-state index contributed by atoms with van der Waals surface area (Å²) in [5, 5.41) is 52.2. The van der Waals surface area contributed by atoms with Crippen molar-refractivity contribution in [2.24, 2.45) is 41.1 Å². The number of rotatable bonds is 37. The molecule has 17 N–H and O–H groups in total. The summed E-state index contributed by atoms with van der Waals surface area (Å²) >= 11 is 0. The fourth-order valence-corrected chi connectivity index (χ4v) is 7.79. The zero-order valence-electron chi connectivity index (χ0n) is 47.0. The maximum atomic E-state index is 14.1. The molecule has 1 rings (SSSR count). The number of carboxylic acids is 2. The van der Waals surface area contributed by atoms with Crippen LogP contribution in [0.4, 0.5) is 0 Å². The SMILES string of the molecule is CC[C@H](C)[C@H](NC(=O)[C@H](CC(C)C)NC(=O)[C@H](CC(=O)O)NC(=O)[C@H](CC(C)C)NC(=O)[C@@H](N)C(C)C)C(=O)N[C@@H](C)C(=O)N[C@@H](Cc1cnc[nH]1)C(=O)N[C@H](C(=O)N[C@@H](CO)C(=O)N[C@@H](CCCCN)C(=O)O)[C@@H](C)CC.